The van der Waals surface area contributed by atoms with Gasteiger partial charge in [-0.15, -0.1) is 0 Å². The lowest BCUT2D eigenvalue weighted by atomic mass is 10.1. The molecule has 1 heterocycles. The number of amides is 1. The molecular formula is C13H16F3N3O. The minimum absolute atomic E-state index is 0.00856. The first-order chi connectivity index (χ1) is 9.28. The van der Waals surface area contributed by atoms with Gasteiger partial charge < -0.3 is 4.90 Å². The van der Waals surface area contributed by atoms with Crippen molar-refractivity contribution in [3.8, 4) is 0 Å². The van der Waals surface area contributed by atoms with Crippen molar-refractivity contribution >= 4 is 5.91 Å². The number of aromatic nitrogens is 2. The number of hydrogen-bond acceptors (Lipinski definition) is 3. The zero-order chi connectivity index (χ0) is 14.9. The first kappa shape index (κ1) is 14.7. The molecule has 0 aliphatic heterocycles. The summed E-state index contributed by atoms with van der Waals surface area (Å²) < 4.78 is 38.0. The first-order valence-electron chi connectivity index (χ1n) is 6.45. The van der Waals surface area contributed by atoms with Crippen molar-refractivity contribution in [3.63, 3.8) is 0 Å². The Labute approximate surface area is 115 Å². The smallest absolute Gasteiger partial charge is 0.325 e. The highest BCUT2D eigenvalue weighted by Gasteiger charge is 2.41. The van der Waals surface area contributed by atoms with Crippen molar-refractivity contribution in [2.24, 2.45) is 5.92 Å². The van der Waals surface area contributed by atoms with E-state index in [0.29, 0.717) is 5.82 Å². The molecule has 1 aliphatic carbocycles. The second kappa shape index (κ2) is 5.38. The molecule has 1 fully saturated rings. The largest absolute Gasteiger partial charge is 0.406 e. The van der Waals surface area contributed by atoms with Crippen molar-refractivity contribution in [2.75, 3.05) is 6.54 Å². The van der Waals surface area contributed by atoms with E-state index in [4.69, 9.17) is 0 Å². The fourth-order valence-electron chi connectivity index (χ4n) is 2.15. The minimum Gasteiger partial charge on any atom is -0.325 e. The predicted molar refractivity (Wildman–Crippen MR) is 66.0 cm³/mol. The highest BCUT2D eigenvalue weighted by atomic mass is 19.4. The van der Waals surface area contributed by atoms with Crippen LogP contribution in [0.4, 0.5) is 13.2 Å². The summed E-state index contributed by atoms with van der Waals surface area (Å²) >= 11 is 0. The molecule has 0 aromatic carbocycles. The van der Waals surface area contributed by atoms with E-state index in [9.17, 15) is 18.0 Å². The molecule has 4 nitrogen and oxygen atoms in total. The van der Waals surface area contributed by atoms with Gasteiger partial charge in [0.05, 0.1) is 0 Å². The number of rotatable bonds is 4. The zero-order valence-corrected chi connectivity index (χ0v) is 11.3. The van der Waals surface area contributed by atoms with Gasteiger partial charge in [-0.1, -0.05) is 0 Å². The molecule has 1 saturated carbocycles. The third-order valence-electron chi connectivity index (χ3n) is 3.40. The van der Waals surface area contributed by atoms with Gasteiger partial charge in [-0.25, -0.2) is 9.97 Å². The summed E-state index contributed by atoms with van der Waals surface area (Å²) in [4.78, 5) is 20.9. The Hall–Kier alpha value is -1.66. The lowest BCUT2D eigenvalue weighted by Gasteiger charge is -2.30. The lowest BCUT2D eigenvalue weighted by Crippen LogP contribution is -2.45. The van der Waals surface area contributed by atoms with Crippen LogP contribution in [0.1, 0.15) is 36.1 Å². The highest BCUT2D eigenvalue weighted by Crippen LogP contribution is 2.36. The van der Waals surface area contributed by atoms with Crippen LogP contribution in [-0.4, -0.2) is 39.5 Å². The SMILES string of the molecule is Cc1nccc(C(=O)N(CC(F)(F)F)C(C)C2CC2)n1. The number of carbonyl (C=O) groups is 1. The van der Waals surface area contributed by atoms with Gasteiger partial charge in [0.1, 0.15) is 18.1 Å². The van der Waals surface area contributed by atoms with Crippen molar-refractivity contribution < 1.29 is 18.0 Å². The van der Waals surface area contributed by atoms with Crippen molar-refractivity contribution in [1.29, 1.82) is 0 Å². The Morgan fingerprint density at radius 1 is 1.50 bits per heavy atom. The van der Waals surface area contributed by atoms with Crippen LogP contribution >= 0.6 is 0 Å². The van der Waals surface area contributed by atoms with E-state index >= 15 is 0 Å². The Kier molecular flexibility index (Phi) is 3.96. The fourth-order valence-corrected chi connectivity index (χ4v) is 2.15. The summed E-state index contributed by atoms with van der Waals surface area (Å²) in [5.74, 6) is -0.168. The summed E-state index contributed by atoms with van der Waals surface area (Å²) in [6.45, 7) is 2.01. The Morgan fingerprint density at radius 3 is 2.65 bits per heavy atom. The molecule has 110 valence electrons. The van der Waals surface area contributed by atoms with Gasteiger partial charge in [0.15, 0.2) is 0 Å². The standard InChI is InChI=1S/C13H16F3N3O/c1-8(10-3-4-10)19(7-13(14,15)16)12(20)11-5-6-17-9(2)18-11/h5-6,8,10H,3-4,7H2,1-2H3. The molecule has 1 atom stereocenters. The summed E-state index contributed by atoms with van der Waals surface area (Å²) in [5.41, 5.74) is 0.00856. The molecule has 20 heavy (non-hydrogen) atoms. The van der Waals surface area contributed by atoms with Crippen LogP contribution in [0.5, 0.6) is 0 Å². The fraction of sp³-hybridized carbons (Fsp3) is 0.615. The molecule has 1 amide bonds. The Balaban J connectivity index is 2.23. The van der Waals surface area contributed by atoms with E-state index in [0.717, 1.165) is 17.7 Å². The van der Waals surface area contributed by atoms with Gasteiger partial charge in [-0.3, -0.25) is 4.79 Å². The summed E-state index contributed by atoms with van der Waals surface area (Å²) in [5, 5.41) is 0. The molecule has 0 spiro atoms. The molecule has 0 saturated heterocycles. The van der Waals surface area contributed by atoms with Crippen molar-refractivity contribution in [2.45, 2.75) is 38.9 Å². The van der Waals surface area contributed by atoms with Gasteiger partial charge in [0, 0.05) is 12.2 Å². The van der Waals surface area contributed by atoms with Gasteiger partial charge >= 0.3 is 6.18 Å². The number of carbonyl (C=O) groups excluding carboxylic acids is 1. The topological polar surface area (TPSA) is 46.1 Å². The van der Waals surface area contributed by atoms with Crippen LogP contribution in [-0.2, 0) is 0 Å². The Morgan fingerprint density at radius 2 is 2.15 bits per heavy atom. The van der Waals surface area contributed by atoms with Crippen LogP contribution in [0.3, 0.4) is 0 Å². The van der Waals surface area contributed by atoms with Gasteiger partial charge in [-0.05, 0) is 38.7 Å². The van der Waals surface area contributed by atoms with E-state index < -0.39 is 24.7 Å². The minimum atomic E-state index is -4.42. The quantitative estimate of drug-likeness (QED) is 0.855. The molecule has 7 heteroatoms. The van der Waals surface area contributed by atoms with E-state index in [-0.39, 0.29) is 11.6 Å². The summed E-state index contributed by atoms with van der Waals surface area (Å²) in [7, 11) is 0. The average Bonchev–Trinajstić information content (AvgIpc) is 3.17. The van der Waals surface area contributed by atoms with Gasteiger partial charge in [0.2, 0.25) is 0 Å². The molecule has 1 aromatic rings. The molecule has 1 unspecified atom stereocenters. The van der Waals surface area contributed by atoms with Crippen molar-refractivity contribution in [1.82, 2.24) is 14.9 Å². The molecular weight excluding hydrogens is 271 g/mol. The van der Waals surface area contributed by atoms with E-state index in [1.54, 1.807) is 13.8 Å². The normalized spacial score (nSPS) is 16.9. The number of hydrogen-bond donors (Lipinski definition) is 0. The van der Waals surface area contributed by atoms with E-state index in [1.807, 2.05) is 0 Å². The molecule has 1 aromatic heterocycles. The number of halogens is 3. The van der Waals surface area contributed by atoms with E-state index in [2.05, 4.69) is 9.97 Å². The number of nitrogens with zero attached hydrogens (tertiary/aromatic N) is 3. The maximum absolute atomic E-state index is 12.7. The lowest BCUT2D eigenvalue weighted by molar-refractivity contribution is -0.144. The van der Waals surface area contributed by atoms with Gasteiger partial charge in [0.25, 0.3) is 5.91 Å². The summed E-state index contributed by atoms with van der Waals surface area (Å²) in [6.07, 6.45) is -1.30. The van der Waals surface area contributed by atoms with Crippen LogP contribution in [0, 0.1) is 12.8 Å². The van der Waals surface area contributed by atoms with Crippen molar-refractivity contribution in [3.05, 3.63) is 23.8 Å². The van der Waals surface area contributed by atoms with Crippen LogP contribution in [0.15, 0.2) is 12.3 Å². The predicted octanol–water partition coefficient (Wildman–Crippen LogP) is 2.59. The summed E-state index contributed by atoms with van der Waals surface area (Å²) in [6, 6.07) is 0.914. The number of aryl methyl sites for hydroxylation is 1. The second-order valence-corrected chi connectivity index (χ2v) is 5.12. The maximum Gasteiger partial charge on any atom is 0.406 e. The third kappa shape index (κ3) is 3.68. The maximum atomic E-state index is 12.7. The van der Waals surface area contributed by atoms with Crippen LogP contribution in [0.2, 0.25) is 0 Å². The van der Waals surface area contributed by atoms with Crippen LogP contribution in [0.25, 0.3) is 0 Å². The monoisotopic (exact) mass is 287 g/mol. The molecule has 2 rings (SSSR count). The second-order valence-electron chi connectivity index (χ2n) is 5.12. The van der Waals surface area contributed by atoms with Crippen LogP contribution < -0.4 is 0 Å². The molecule has 0 bridgehead atoms. The number of alkyl halides is 3. The molecule has 0 radical (unpaired) electrons. The molecule has 0 N–H and O–H groups in total. The Bertz CT molecular complexity index is 500. The highest BCUT2D eigenvalue weighted by molar-refractivity contribution is 5.92. The van der Waals surface area contributed by atoms with Gasteiger partial charge in [-0.2, -0.15) is 13.2 Å². The first-order valence-corrected chi connectivity index (χ1v) is 6.45. The van der Waals surface area contributed by atoms with E-state index in [1.165, 1.54) is 12.3 Å². The zero-order valence-electron chi connectivity index (χ0n) is 11.3. The third-order valence-corrected chi connectivity index (χ3v) is 3.40. The molecule has 1 aliphatic rings. The average molecular weight is 287 g/mol.